The molecule has 4 heteroatoms. The molecule has 0 aliphatic rings. The fraction of sp³-hybridized carbons (Fsp3) is 0.0476. The average Bonchev–Trinajstić information content (AvgIpc) is 2.69. The Morgan fingerprint density at radius 1 is 0.680 bits per heavy atom. The second-order valence-corrected chi connectivity index (χ2v) is 5.26. The van der Waals surface area contributed by atoms with Gasteiger partial charge in [0.05, 0.1) is 0 Å². The largest absolute Gasteiger partial charge is 0.361 e. The lowest BCUT2D eigenvalue weighted by Gasteiger charge is -2.05. The summed E-state index contributed by atoms with van der Waals surface area (Å²) in [5.41, 5.74) is 9.54. The van der Waals surface area contributed by atoms with Gasteiger partial charge in [0, 0.05) is 7.05 Å². The maximum Gasteiger partial charge on any atom is 0.308 e. The van der Waals surface area contributed by atoms with Crippen molar-refractivity contribution in [2.24, 2.45) is 5.73 Å². The number of nitrogens with one attached hydrogen (secondary N) is 1. The molecule has 0 spiro atoms. The van der Waals surface area contributed by atoms with Gasteiger partial charge in [-0.2, -0.15) is 0 Å². The van der Waals surface area contributed by atoms with Crippen molar-refractivity contribution in [3.63, 3.8) is 0 Å². The first-order valence-corrected chi connectivity index (χ1v) is 7.84. The van der Waals surface area contributed by atoms with Crippen LogP contribution >= 0.6 is 0 Å². The van der Waals surface area contributed by atoms with E-state index in [1.165, 1.54) is 29.3 Å². The van der Waals surface area contributed by atoms with Gasteiger partial charge in [-0.05, 0) is 28.3 Å². The highest BCUT2D eigenvalue weighted by Crippen LogP contribution is 2.25. The summed E-state index contributed by atoms with van der Waals surface area (Å²) in [7, 11) is 1.34. The Morgan fingerprint density at radius 2 is 1.08 bits per heavy atom. The first kappa shape index (κ1) is 17.9. The van der Waals surface area contributed by atoms with Crippen LogP contribution in [0.4, 0.5) is 0 Å². The molecule has 2 amide bonds. The molecular weight excluding hydrogens is 312 g/mol. The Morgan fingerprint density at radius 3 is 1.40 bits per heavy atom. The molecule has 0 saturated carbocycles. The van der Waals surface area contributed by atoms with E-state index in [1.54, 1.807) is 0 Å². The molecule has 0 aliphatic heterocycles. The zero-order valence-corrected chi connectivity index (χ0v) is 14.0. The van der Waals surface area contributed by atoms with Crippen LogP contribution < -0.4 is 11.1 Å². The Bertz CT molecular complexity index is 776. The lowest BCUT2D eigenvalue weighted by atomic mass is 9.99. The van der Waals surface area contributed by atoms with Crippen molar-refractivity contribution in [2.45, 2.75) is 0 Å². The maximum atomic E-state index is 9.93. The van der Waals surface area contributed by atoms with Crippen LogP contribution in [0.15, 0.2) is 84.9 Å². The molecule has 3 rings (SSSR count). The third-order valence-electron chi connectivity index (χ3n) is 3.53. The summed E-state index contributed by atoms with van der Waals surface area (Å²) >= 11 is 0. The molecule has 0 aromatic heterocycles. The summed E-state index contributed by atoms with van der Waals surface area (Å²) in [5, 5.41) is 2.05. The number of hydrogen-bond donors (Lipinski definition) is 2. The average molecular weight is 332 g/mol. The topological polar surface area (TPSA) is 72.2 Å². The number of carbonyl (C=O) groups excluding carboxylic acids is 2. The lowest BCUT2D eigenvalue weighted by Crippen LogP contribution is -2.33. The van der Waals surface area contributed by atoms with E-state index >= 15 is 0 Å². The van der Waals surface area contributed by atoms with Crippen molar-refractivity contribution in [1.82, 2.24) is 5.32 Å². The van der Waals surface area contributed by atoms with Crippen molar-refractivity contribution in [2.75, 3.05) is 7.05 Å². The molecule has 0 aliphatic carbocycles. The second kappa shape index (κ2) is 9.03. The highest BCUT2D eigenvalue weighted by molar-refractivity contribution is 6.34. The molecule has 3 N–H and O–H groups in total. The molecule has 3 aromatic carbocycles. The number of rotatable bonds is 2. The monoisotopic (exact) mass is 332 g/mol. The highest BCUT2D eigenvalue weighted by atomic mass is 16.2. The van der Waals surface area contributed by atoms with Gasteiger partial charge in [-0.3, -0.25) is 9.59 Å². The molecule has 25 heavy (non-hydrogen) atoms. The number of hydrogen-bond acceptors (Lipinski definition) is 2. The summed E-state index contributed by atoms with van der Waals surface area (Å²) in [6, 6.07) is 29.6. The van der Waals surface area contributed by atoms with E-state index < -0.39 is 11.8 Å². The van der Waals surface area contributed by atoms with Gasteiger partial charge in [0.25, 0.3) is 0 Å². The fourth-order valence-electron chi connectivity index (χ4n) is 2.26. The molecule has 0 saturated heterocycles. The molecule has 0 fully saturated rings. The van der Waals surface area contributed by atoms with Gasteiger partial charge < -0.3 is 11.1 Å². The smallest absolute Gasteiger partial charge is 0.308 e. The van der Waals surface area contributed by atoms with E-state index in [0.717, 1.165) is 0 Å². The van der Waals surface area contributed by atoms with Gasteiger partial charge >= 0.3 is 11.8 Å². The summed E-state index contributed by atoms with van der Waals surface area (Å²) < 4.78 is 0. The van der Waals surface area contributed by atoms with Crippen LogP contribution in [0, 0.1) is 0 Å². The molecule has 0 atom stereocenters. The van der Waals surface area contributed by atoms with Gasteiger partial charge in [0.1, 0.15) is 0 Å². The van der Waals surface area contributed by atoms with E-state index in [1.807, 2.05) is 12.1 Å². The molecule has 4 nitrogen and oxygen atoms in total. The van der Waals surface area contributed by atoms with Gasteiger partial charge in [-0.15, -0.1) is 0 Å². The Kier molecular flexibility index (Phi) is 6.48. The van der Waals surface area contributed by atoms with Crippen LogP contribution in [0.25, 0.3) is 22.3 Å². The number of carbonyl (C=O) groups is 2. The normalized spacial score (nSPS) is 9.48. The second-order valence-electron chi connectivity index (χ2n) is 5.26. The molecular formula is C21H20N2O2. The molecule has 0 radical (unpaired) electrons. The van der Waals surface area contributed by atoms with E-state index in [0.29, 0.717) is 0 Å². The minimum absolute atomic E-state index is 0.764. The van der Waals surface area contributed by atoms with Crippen molar-refractivity contribution >= 4 is 11.8 Å². The summed E-state index contributed by atoms with van der Waals surface area (Å²) in [5.74, 6) is -1.72. The highest BCUT2D eigenvalue weighted by Gasteiger charge is 2.02. The van der Waals surface area contributed by atoms with Crippen molar-refractivity contribution in [3.8, 4) is 22.3 Å². The quantitative estimate of drug-likeness (QED) is 0.707. The lowest BCUT2D eigenvalue weighted by molar-refractivity contribution is -0.136. The van der Waals surface area contributed by atoms with E-state index in [2.05, 4.69) is 83.8 Å². The van der Waals surface area contributed by atoms with Crippen LogP contribution in [0.2, 0.25) is 0 Å². The van der Waals surface area contributed by atoms with Crippen molar-refractivity contribution < 1.29 is 9.59 Å². The zero-order valence-electron chi connectivity index (χ0n) is 14.0. The Balaban J connectivity index is 0.000000277. The van der Waals surface area contributed by atoms with E-state index in [-0.39, 0.29) is 0 Å². The number of amides is 2. The predicted octanol–water partition coefficient (Wildman–Crippen LogP) is 3.24. The number of likely N-dealkylation sites (N-methyl/N-ethyl adjacent to an activating group) is 1. The predicted molar refractivity (Wildman–Crippen MR) is 101 cm³/mol. The first-order chi connectivity index (χ1) is 12.1. The van der Waals surface area contributed by atoms with Gasteiger partial charge in [-0.25, -0.2) is 0 Å². The SMILES string of the molecule is CNC(=O)C(N)=O.c1ccc(-c2cccc(-c3ccccc3)c2)cc1. The van der Waals surface area contributed by atoms with Crippen LogP contribution in [0.5, 0.6) is 0 Å². The minimum atomic E-state index is -0.956. The third kappa shape index (κ3) is 5.32. The molecule has 0 unspecified atom stereocenters. The van der Waals surface area contributed by atoms with Crippen LogP contribution in [0.1, 0.15) is 0 Å². The van der Waals surface area contributed by atoms with Crippen molar-refractivity contribution in [1.29, 1.82) is 0 Å². The first-order valence-electron chi connectivity index (χ1n) is 7.84. The van der Waals surface area contributed by atoms with E-state index in [9.17, 15) is 9.59 Å². The fourth-order valence-corrected chi connectivity index (χ4v) is 2.26. The summed E-state index contributed by atoms with van der Waals surface area (Å²) in [6.07, 6.45) is 0. The zero-order chi connectivity index (χ0) is 18.1. The van der Waals surface area contributed by atoms with Gasteiger partial charge in [0.15, 0.2) is 0 Å². The summed E-state index contributed by atoms with van der Waals surface area (Å²) in [6.45, 7) is 0. The Labute approximate surface area is 147 Å². The standard InChI is InChI=1S/C18H14.C3H6N2O2/c1-3-8-15(9-4-1)17-12-7-13-18(14-17)16-10-5-2-6-11-16;1-5-3(7)2(4)6/h1-14H;1H3,(H2,4,6)(H,5,7). The van der Waals surface area contributed by atoms with Crippen molar-refractivity contribution in [3.05, 3.63) is 84.9 Å². The molecule has 126 valence electrons. The third-order valence-corrected chi connectivity index (χ3v) is 3.53. The van der Waals surface area contributed by atoms with Gasteiger partial charge in [-0.1, -0.05) is 78.9 Å². The molecule has 0 bridgehead atoms. The minimum Gasteiger partial charge on any atom is -0.361 e. The maximum absolute atomic E-state index is 9.93. The molecule has 3 aromatic rings. The van der Waals surface area contributed by atoms with Crippen LogP contribution in [0.3, 0.4) is 0 Å². The number of benzene rings is 3. The molecule has 0 heterocycles. The van der Waals surface area contributed by atoms with Gasteiger partial charge in [0.2, 0.25) is 0 Å². The van der Waals surface area contributed by atoms with Crippen LogP contribution in [-0.4, -0.2) is 18.9 Å². The number of primary amides is 1. The number of nitrogens with two attached hydrogens (primary N) is 1. The summed E-state index contributed by atoms with van der Waals surface area (Å²) in [4.78, 5) is 19.7. The Hall–Kier alpha value is -3.40. The van der Waals surface area contributed by atoms with E-state index in [4.69, 9.17) is 0 Å². The van der Waals surface area contributed by atoms with Crippen LogP contribution in [-0.2, 0) is 9.59 Å².